The van der Waals surface area contributed by atoms with Crippen molar-refractivity contribution in [2.75, 3.05) is 4.90 Å². The second-order valence-corrected chi connectivity index (χ2v) is 12.9. The molecule has 0 N–H and O–H groups in total. The second kappa shape index (κ2) is 11.9. The third-order valence-corrected chi connectivity index (χ3v) is 9.90. The van der Waals surface area contributed by atoms with Crippen LogP contribution in [0.15, 0.2) is 197 Å². The molecule has 2 heterocycles. The van der Waals surface area contributed by atoms with Crippen molar-refractivity contribution in [1.82, 2.24) is 0 Å². The summed E-state index contributed by atoms with van der Waals surface area (Å²) in [6.45, 7) is 0. The molecule has 0 fully saturated rings. The molecular weight excluding hydrogens is 623 g/mol. The van der Waals surface area contributed by atoms with Gasteiger partial charge in [0.15, 0.2) is 5.58 Å². The molecule has 51 heavy (non-hydrogen) atoms. The summed E-state index contributed by atoms with van der Waals surface area (Å²) in [5, 5.41) is 4.37. The van der Waals surface area contributed by atoms with Crippen molar-refractivity contribution in [3.8, 4) is 33.4 Å². The SMILES string of the molecule is c1ccc(-c2ccccc2-c2ccc(N(c3ccc4c(c3)oc3ccccc34)c3cccc4c3oc3c(-c5ccccc5)cccc34)cc2)cc1. The smallest absolute Gasteiger partial charge is 0.159 e. The van der Waals surface area contributed by atoms with Crippen LogP contribution in [0.5, 0.6) is 0 Å². The monoisotopic (exact) mass is 653 g/mol. The van der Waals surface area contributed by atoms with Crippen LogP contribution in [0.1, 0.15) is 0 Å². The number of para-hydroxylation sites is 3. The Labute approximate surface area is 295 Å². The highest BCUT2D eigenvalue weighted by atomic mass is 16.3. The van der Waals surface area contributed by atoms with Crippen LogP contribution in [-0.2, 0) is 0 Å². The van der Waals surface area contributed by atoms with Crippen molar-refractivity contribution in [2.24, 2.45) is 0 Å². The number of hydrogen-bond acceptors (Lipinski definition) is 3. The lowest BCUT2D eigenvalue weighted by Gasteiger charge is -2.26. The Morgan fingerprint density at radius 1 is 0.314 bits per heavy atom. The Balaban J connectivity index is 1.17. The van der Waals surface area contributed by atoms with Gasteiger partial charge in [-0.1, -0.05) is 146 Å². The predicted molar refractivity (Wildman–Crippen MR) is 212 cm³/mol. The standard InChI is InChI=1S/C48H31NO2/c1-3-13-32(14-4-1)37-17-7-8-18-38(37)34-25-27-35(28-26-34)49(36-29-30-41-40-19-9-10-24-45(40)50-46(41)31-36)44-23-12-22-43-42-21-11-20-39(47(42)51-48(43)44)33-15-5-2-6-16-33/h1-31H. The first-order valence-electron chi connectivity index (χ1n) is 17.3. The van der Waals surface area contributed by atoms with E-state index in [4.69, 9.17) is 8.83 Å². The number of hydrogen-bond donors (Lipinski definition) is 0. The zero-order chi connectivity index (χ0) is 33.7. The lowest BCUT2D eigenvalue weighted by Crippen LogP contribution is -2.10. The number of rotatable bonds is 6. The molecule has 0 spiro atoms. The fraction of sp³-hybridized carbons (Fsp3) is 0. The largest absolute Gasteiger partial charge is 0.456 e. The van der Waals surface area contributed by atoms with Gasteiger partial charge in [0, 0.05) is 38.9 Å². The van der Waals surface area contributed by atoms with Gasteiger partial charge in [0.05, 0.1) is 11.4 Å². The maximum atomic E-state index is 6.92. The number of nitrogens with zero attached hydrogens (tertiary/aromatic N) is 1. The molecule has 0 saturated heterocycles. The molecule has 8 aromatic carbocycles. The Morgan fingerprint density at radius 2 is 0.843 bits per heavy atom. The van der Waals surface area contributed by atoms with E-state index in [0.29, 0.717) is 0 Å². The van der Waals surface area contributed by atoms with Gasteiger partial charge in [-0.3, -0.25) is 0 Å². The van der Waals surface area contributed by atoms with Gasteiger partial charge in [0.2, 0.25) is 0 Å². The van der Waals surface area contributed by atoms with Crippen molar-refractivity contribution in [3.63, 3.8) is 0 Å². The second-order valence-electron chi connectivity index (χ2n) is 12.9. The summed E-state index contributed by atoms with van der Waals surface area (Å²) in [7, 11) is 0. The molecule has 0 aliphatic rings. The first-order chi connectivity index (χ1) is 25.3. The van der Waals surface area contributed by atoms with Gasteiger partial charge in [0.25, 0.3) is 0 Å². The van der Waals surface area contributed by atoms with Gasteiger partial charge in [-0.15, -0.1) is 0 Å². The van der Waals surface area contributed by atoms with E-state index in [9.17, 15) is 0 Å². The van der Waals surface area contributed by atoms with Crippen LogP contribution in [0.2, 0.25) is 0 Å². The number of furan rings is 2. The Morgan fingerprint density at radius 3 is 1.59 bits per heavy atom. The normalized spacial score (nSPS) is 11.5. The molecule has 0 bridgehead atoms. The van der Waals surface area contributed by atoms with Crippen molar-refractivity contribution < 1.29 is 8.83 Å². The minimum absolute atomic E-state index is 0.832. The minimum atomic E-state index is 0.832. The summed E-state index contributed by atoms with van der Waals surface area (Å²) in [5.41, 5.74) is 13.3. The van der Waals surface area contributed by atoms with Gasteiger partial charge in [0.1, 0.15) is 16.7 Å². The third-order valence-electron chi connectivity index (χ3n) is 9.90. The highest BCUT2D eigenvalue weighted by Gasteiger charge is 2.22. The average Bonchev–Trinajstić information content (AvgIpc) is 3.78. The predicted octanol–water partition coefficient (Wildman–Crippen LogP) is 14.0. The zero-order valence-electron chi connectivity index (χ0n) is 27.7. The molecule has 0 amide bonds. The Kier molecular flexibility index (Phi) is 6.81. The van der Waals surface area contributed by atoms with Crippen LogP contribution in [0, 0.1) is 0 Å². The molecule has 3 nitrogen and oxygen atoms in total. The molecule has 0 saturated carbocycles. The van der Waals surface area contributed by atoms with E-state index < -0.39 is 0 Å². The Bertz CT molecular complexity index is 2850. The molecule has 0 atom stereocenters. The molecule has 2 aromatic heterocycles. The van der Waals surface area contributed by atoms with E-state index in [2.05, 4.69) is 175 Å². The summed E-state index contributed by atoms with van der Waals surface area (Å²) in [6.07, 6.45) is 0. The fourth-order valence-corrected chi connectivity index (χ4v) is 7.50. The fourth-order valence-electron chi connectivity index (χ4n) is 7.50. The summed E-state index contributed by atoms with van der Waals surface area (Å²) in [4.78, 5) is 2.28. The van der Waals surface area contributed by atoms with Crippen LogP contribution in [-0.4, -0.2) is 0 Å². The topological polar surface area (TPSA) is 29.5 Å². The van der Waals surface area contributed by atoms with Crippen LogP contribution in [0.25, 0.3) is 77.3 Å². The summed E-state index contributed by atoms with van der Waals surface area (Å²) < 4.78 is 13.3. The van der Waals surface area contributed by atoms with Crippen LogP contribution >= 0.6 is 0 Å². The molecule has 0 radical (unpaired) electrons. The van der Waals surface area contributed by atoms with Crippen molar-refractivity contribution >= 4 is 60.9 Å². The molecule has 10 rings (SSSR count). The third kappa shape index (κ3) is 4.90. The number of benzene rings is 8. The van der Waals surface area contributed by atoms with Gasteiger partial charge >= 0.3 is 0 Å². The summed E-state index contributed by atoms with van der Waals surface area (Å²) >= 11 is 0. The zero-order valence-corrected chi connectivity index (χ0v) is 27.7. The van der Waals surface area contributed by atoms with E-state index in [-0.39, 0.29) is 0 Å². The van der Waals surface area contributed by atoms with Crippen LogP contribution in [0.4, 0.5) is 17.1 Å². The molecular formula is C48H31NO2. The average molecular weight is 654 g/mol. The summed E-state index contributed by atoms with van der Waals surface area (Å²) in [5.74, 6) is 0. The molecule has 10 aromatic rings. The van der Waals surface area contributed by atoms with Crippen LogP contribution < -0.4 is 4.90 Å². The highest BCUT2D eigenvalue weighted by molar-refractivity contribution is 6.14. The maximum Gasteiger partial charge on any atom is 0.159 e. The number of anilines is 3. The van der Waals surface area contributed by atoms with Crippen molar-refractivity contribution in [2.45, 2.75) is 0 Å². The van der Waals surface area contributed by atoms with E-state index >= 15 is 0 Å². The van der Waals surface area contributed by atoms with Crippen molar-refractivity contribution in [3.05, 3.63) is 188 Å². The highest BCUT2D eigenvalue weighted by Crippen LogP contribution is 2.45. The lowest BCUT2D eigenvalue weighted by atomic mass is 9.94. The first kappa shape index (κ1) is 29.1. The molecule has 0 aliphatic carbocycles. The van der Waals surface area contributed by atoms with Gasteiger partial charge in [-0.25, -0.2) is 0 Å². The van der Waals surface area contributed by atoms with Crippen LogP contribution in [0.3, 0.4) is 0 Å². The van der Waals surface area contributed by atoms with Gasteiger partial charge < -0.3 is 13.7 Å². The van der Waals surface area contributed by atoms with E-state index in [1.54, 1.807) is 0 Å². The van der Waals surface area contributed by atoms with E-state index in [1.807, 2.05) is 18.2 Å². The van der Waals surface area contributed by atoms with E-state index in [1.165, 1.54) is 16.7 Å². The molecule has 3 heteroatoms. The number of fused-ring (bicyclic) bond motifs is 6. The maximum absolute atomic E-state index is 6.92. The lowest BCUT2D eigenvalue weighted by molar-refractivity contribution is 0.668. The molecule has 0 unspecified atom stereocenters. The molecule has 240 valence electrons. The van der Waals surface area contributed by atoms with Crippen molar-refractivity contribution in [1.29, 1.82) is 0 Å². The quantitative estimate of drug-likeness (QED) is 0.179. The summed E-state index contributed by atoms with van der Waals surface area (Å²) in [6, 6.07) is 66.0. The minimum Gasteiger partial charge on any atom is -0.456 e. The Hall–Kier alpha value is -6.84. The van der Waals surface area contributed by atoms with Gasteiger partial charge in [-0.05, 0) is 64.2 Å². The first-order valence-corrected chi connectivity index (χ1v) is 17.3. The molecule has 0 aliphatic heterocycles. The van der Waals surface area contributed by atoms with E-state index in [0.717, 1.165) is 77.6 Å². The van der Waals surface area contributed by atoms with Gasteiger partial charge in [-0.2, -0.15) is 0 Å².